The van der Waals surface area contributed by atoms with Crippen LogP contribution in [0.15, 0.2) is 200 Å². The molecule has 3 aromatic heterocycles. The number of para-hydroxylation sites is 3. The van der Waals surface area contributed by atoms with Gasteiger partial charge in [-0.15, -0.1) is 29.7 Å². The fourth-order valence-electron chi connectivity index (χ4n) is 8.32. The van der Waals surface area contributed by atoms with E-state index in [1.165, 1.54) is 5.56 Å². The smallest absolute Gasteiger partial charge is 0.268 e. The fraction of sp³-hybridized carbons (Fsp3) is 0.0690. The molecule has 312 valence electrons. The Morgan fingerprint density at radius 3 is 2.08 bits per heavy atom. The average molecular weight is 1020 g/mol. The largest absolute Gasteiger partial charge is 0.510 e. The number of hydrogen-bond acceptors (Lipinski definition) is 2. The zero-order chi connectivity index (χ0) is 51.0. The van der Waals surface area contributed by atoms with Crippen LogP contribution in [0.25, 0.3) is 83.4 Å². The Balaban J connectivity index is 0.00000626. The first kappa shape index (κ1) is 30.7. The van der Waals surface area contributed by atoms with E-state index in [-0.39, 0.29) is 49.0 Å². The molecule has 3 heterocycles. The number of hydrogen-bond donors (Lipinski definition) is 0. The molecule has 11 aromatic rings. The number of benzene rings is 8. The summed E-state index contributed by atoms with van der Waals surface area (Å²) in [6.07, 6.45) is 6.16. The summed E-state index contributed by atoms with van der Waals surface area (Å²) in [4.78, 5) is 4.86. The van der Waals surface area contributed by atoms with E-state index in [1.807, 2.05) is 66.9 Å². The molecular formula is C58H42N4OPt-2. The van der Waals surface area contributed by atoms with Crippen LogP contribution in [0.3, 0.4) is 0 Å². The summed E-state index contributed by atoms with van der Waals surface area (Å²) < 4.78 is 99.2. The molecule has 0 aliphatic rings. The molecule has 8 aromatic carbocycles. The molecule has 0 amide bonds. The molecule has 6 heteroatoms. The van der Waals surface area contributed by atoms with E-state index in [9.17, 15) is 0 Å². The van der Waals surface area contributed by atoms with Crippen LogP contribution in [0.4, 0.5) is 0 Å². The Hall–Kier alpha value is -7.33. The third-order valence-corrected chi connectivity index (χ3v) is 11.0. The van der Waals surface area contributed by atoms with Crippen molar-refractivity contribution in [3.8, 4) is 62.1 Å². The van der Waals surface area contributed by atoms with E-state index in [1.54, 1.807) is 39.5 Å². The van der Waals surface area contributed by atoms with Crippen molar-refractivity contribution in [2.75, 3.05) is 0 Å². The Kier molecular flexibility index (Phi) is 8.36. The molecule has 0 fully saturated rings. The first-order valence-electron chi connectivity index (χ1n) is 25.6. The minimum absolute atomic E-state index is 0. The van der Waals surface area contributed by atoms with Crippen LogP contribution >= 0.6 is 0 Å². The molecular weight excluding hydrogens is 964 g/mol. The number of pyridine rings is 1. The minimum Gasteiger partial charge on any atom is -0.510 e. The van der Waals surface area contributed by atoms with Gasteiger partial charge in [-0.3, -0.25) is 4.57 Å². The number of imidazole rings is 1. The summed E-state index contributed by atoms with van der Waals surface area (Å²) >= 11 is 0. The monoisotopic (exact) mass is 1020 g/mol. The van der Waals surface area contributed by atoms with Crippen LogP contribution in [0.1, 0.15) is 33.1 Å². The third-order valence-electron chi connectivity index (χ3n) is 11.0. The van der Waals surface area contributed by atoms with Crippen LogP contribution in [0.5, 0.6) is 11.5 Å². The number of aromatic nitrogens is 4. The van der Waals surface area contributed by atoms with Gasteiger partial charge in [0.2, 0.25) is 0 Å². The predicted molar refractivity (Wildman–Crippen MR) is 255 cm³/mol. The summed E-state index contributed by atoms with van der Waals surface area (Å²) in [6, 6.07) is 44.0. The van der Waals surface area contributed by atoms with Crippen LogP contribution in [-0.2, 0) is 27.5 Å². The van der Waals surface area contributed by atoms with Crippen LogP contribution in [0, 0.1) is 24.4 Å². The van der Waals surface area contributed by atoms with Crippen LogP contribution in [0.2, 0.25) is 0 Å². The number of ether oxygens (including phenoxy) is 1. The van der Waals surface area contributed by atoms with Crippen molar-refractivity contribution in [1.82, 2.24) is 14.1 Å². The zero-order valence-corrected chi connectivity index (χ0v) is 36.8. The van der Waals surface area contributed by atoms with Crippen molar-refractivity contribution in [2.45, 2.75) is 20.3 Å². The molecule has 0 aliphatic heterocycles. The van der Waals surface area contributed by atoms with Gasteiger partial charge in [-0.1, -0.05) is 165 Å². The predicted octanol–water partition coefficient (Wildman–Crippen LogP) is 13.8. The summed E-state index contributed by atoms with van der Waals surface area (Å²) in [5.41, 5.74) is 6.92. The van der Waals surface area contributed by atoms with Gasteiger partial charge in [-0.25, -0.2) is 4.98 Å². The summed E-state index contributed by atoms with van der Waals surface area (Å²) in [7, 11) is 0. The van der Waals surface area contributed by atoms with Crippen molar-refractivity contribution in [1.29, 1.82) is 0 Å². The van der Waals surface area contributed by atoms with Gasteiger partial charge >= 0.3 is 0 Å². The molecule has 0 saturated carbocycles. The van der Waals surface area contributed by atoms with Crippen molar-refractivity contribution >= 4 is 32.8 Å². The molecule has 5 nitrogen and oxygen atoms in total. The van der Waals surface area contributed by atoms with Gasteiger partial charge in [0.05, 0.1) is 30.4 Å². The zero-order valence-electron chi connectivity index (χ0n) is 44.6. The van der Waals surface area contributed by atoms with Gasteiger partial charge in [0.15, 0.2) is 0 Å². The van der Waals surface area contributed by atoms with Crippen molar-refractivity contribution in [3.05, 3.63) is 224 Å². The van der Waals surface area contributed by atoms with E-state index in [4.69, 9.17) is 23.4 Å². The number of nitrogens with zero attached hydrogens (tertiary/aromatic N) is 4. The molecule has 0 N–H and O–H groups in total. The Bertz CT molecular complexity index is 3900. The maximum Gasteiger partial charge on any atom is 0.268 e. The van der Waals surface area contributed by atoms with E-state index >= 15 is 0 Å². The standard InChI is InChI=1S/C58H42N4O.Pt/c1-40(2)34-41-32-33-59-57(35-41)62-53-31-28-45(42-16-6-3-7-17-42)36-52(53)51-30-29-48(38-56(51)62)63-47-23-14-22-46(37-47)60-39-61(55-27-13-12-26-54(55)60)58-49(43-18-8-4-9-19-43)24-15-25-50(58)44-20-10-5-11-21-44;/h3-33,35-36,40H,34H2,1-2H3;/q-2;/i4D,5D,8D,9D,10D,11D,18D,19D,20D,21D;. The van der Waals surface area contributed by atoms with Crippen molar-refractivity contribution in [3.63, 3.8) is 0 Å². The molecule has 0 saturated heterocycles. The first-order valence-corrected chi connectivity index (χ1v) is 20.6. The van der Waals surface area contributed by atoms with Gasteiger partial charge in [0.25, 0.3) is 6.33 Å². The van der Waals surface area contributed by atoms with Gasteiger partial charge in [0, 0.05) is 44.3 Å². The van der Waals surface area contributed by atoms with Crippen molar-refractivity contribution < 1.29 is 44.1 Å². The fourth-order valence-corrected chi connectivity index (χ4v) is 8.32. The maximum absolute atomic E-state index is 9.02. The Labute approximate surface area is 401 Å². The van der Waals surface area contributed by atoms with E-state index in [0.717, 1.165) is 45.2 Å². The molecule has 0 bridgehead atoms. The first-order chi connectivity index (χ1) is 35.2. The maximum atomic E-state index is 9.02. The molecule has 0 aliphatic carbocycles. The molecule has 0 atom stereocenters. The van der Waals surface area contributed by atoms with Crippen molar-refractivity contribution in [2.24, 2.45) is 5.92 Å². The van der Waals surface area contributed by atoms with Crippen LogP contribution < -0.4 is 9.30 Å². The normalized spacial score (nSPS) is 13.5. The summed E-state index contributed by atoms with van der Waals surface area (Å²) in [6.45, 7) is 4.39. The minimum atomic E-state index is -0.572. The van der Waals surface area contributed by atoms with Gasteiger partial charge in [-0.05, 0) is 80.6 Å². The number of rotatable bonds is 10. The molecule has 0 radical (unpaired) electrons. The SMILES string of the molecule is [2H]c1c([2H])c([2H])c(-c2cccc(-c3c([2H])c([2H])c([2H])c([2H])c3[2H])c2-[n+]2[c-]n(-c3[c-]c(Oc4[c-]c5c(cc4)c4cc(-c6ccccc6)ccc4n5-c4cc(CC(C)C)ccn4)ccc3)c3ccccc32)c([2H])c1[2H].[Pt]. The van der Waals surface area contributed by atoms with Gasteiger partial charge in [-0.2, -0.15) is 18.2 Å². The van der Waals surface area contributed by atoms with Gasteiger partial charge in [0.1, 0.15) is 5.82 Å². The topological polar surface area (TPSA) is 35.9 Å². The Morgan fingerprint density at radius 2 is 1.33 bits per heavy atom. The number of fused-ring (bicyclic) bond motifs is 4. The van der Waals surface area contributed by atoms with E-state index in [0.29, 0.717) is 34.1 Å². The summed E-state index contributed by atoms with van der Waals surface area (Å²) in [5, 5.41) is 2.01. The molecule has 0 unspecified atom stereocenters. The summed E-state index contributed by atoms with van der Waals surface area (Å²) in [5.74, 6) is 2.00. The molecule has 64 heavy (non-hydrogen) atoms. The molecule has 11 rings (SSSR count). The van der Waals surface area contributed by atoms with E-state index < -0.39 is 60.4 Å². The van der Waals surface area contributed by atoms with E-state index in [2.05, 4.69) is 79.3 Å². The molecule has 0 spiro atoms. The van der Waals surface area contributed by atoms with Crippen LogP contribution in [-0.4, -0.2) is 14.1 Å². The second kappa shape index (κ2) is 17.4. The second-order valence-electron chi connectivity index (χ2n) is 15.6. The quantitative estimate of drug-likeness (QED) is 0.101. The average Bonchev–Trinajstić information content (AvgIpc) is 3.94. The second-order valence-corrected chi connectivity index (χ2v) is 15.6. The van der Waals surface area contributed by atoms with Gasteiger partial charge < -0.3 is 13.9 Å². The Morgan fingerprint density at radius 1 is 0.625 bits per heavy atom. The third kappa shape index (κ3) is 7.63.